The van der Waals surface area contributed by atoms with Gasteiger partial charge in [0.25, 0.3) is 0 Å². The third kappa shape index (κ3) is 4.74. The number of hydrogen-bond acceptors (Lipinski definition) is 2. The lowest BCUT2D eigenvalue weighted by Crippen LogP contribution is -2.33. The molecule has 0 heterocycles. The molecule has 1 aromatic carbocycles. The molecule has 2 rings (SSSR count). The van der Waals surface area contributed by atoms with Gasteiger partial charge >= 0.3 is 0 Å². The lowest BCUT2D eigenvalue weighted by Gasteiger charge is -2.11. The number of carbonyl (C=O) groups is 2. The van der Waals surface area contributed by atoms with Crippen LogP contribution >= 0.6 is 0 Å². The van der Waals surface area contributed by atoms with E-state index in [1.807, 2.05) is 31.2 Å². The quantitative estimate of drug-likeness (QED) is 0.790. The van der Waals surface area contributed by atoms with E-state index >= 15 is 0 Å². The molecule has 1 unspecified atom stereocenters. The molecule has 4 heteroatoms. The fourth-order valence-electron chi connectivity index (χ4n) is 2.50. The molecule has 0 saturated carbocycles. The van der Waals surface area contributed by atoms with Crippen molar-refractivity contribution >= 4 is 17.5 Å². The minimum Gasteiger partial charge on any atom is -0.347 e. The van der Waals surface area contributed by atoms with Crippen LogP contribution < -0.4 is 10.6 Å². The van der Waals surface area contributed by atoms with Crippen LogP contribution in [0.3, 0.4) is 0 Å². The fourth-order valence-corrected chi connectivity index (χ4v) is 2.50. The molecule has 2 amide bonds. The standard InChI is InChI=1S/C17H22N2O2/c1-2-14-9-5-6-10-15(14)19-17(21)12-18-16(20)11-13-7-3-4-8-13/h3,5-7,9-10,13H,2,4,8,11-12H2,1H3,(H,18,20)(H,19,21). The fraction of sp³-hybridized carbons (Fsp3) is 0.412. The predicted octanol–water partition coefficient (Wildman–Crippen LogP) is 2.66. The van der Waals surface area contributed by atoms with E-state index in [-0.39, 0.29) is 18.4 Å². The number of benzene rings is 1. The van der Waals surface area contributed by atoms with Gasteiger partial charge in [-0.15, -0.1) is 0 Å². The van der Waals surface area contributed by atoms with E-state index in [2.05, 4.69) is 22.8 Å². The first-order chi connectivity index (χ1) is 10.2. The first-order valence-electron chi connectivity index (χ1n) is 7.50. The van der Waals surface area contributed by atoms with Crippen LogP contribution in [-0.4, -0.2) is 18.4 Å². The monoisotopic (exact) mass is 286 g/mol. The molecule has 0 aliphatic heterocycles. The molecule has 0 radical (unpaired) electrons. The first-order valence-corrected chi connectivity index (χ1v) is 7.50. The number of amides is 2. The van der Waals surface area contributed by atoms with E-state index < -0.39 is 0 Å². The van der Waals surface area contributed by atoms with Gasteiger partial charge in [-0.25, -0.2) is 0 Å². The van der Waals surface area contributed by atoms with E-state index in [0.29, 0.717) is 12.3 Å². The molecule has 0 aromatic heterocycles. The van der Waals surface area contributed by atoms with Crippen LogP contribution in [0.5, 0.6) is 0 Å². The third-order valence-electron chi connectivity index (χ3n) is 3.68. The molecule has 0 bridgehead atoms. The molecule has 0 spiro atoms. The molecule has 2 N–H and O–H groups in total. The van der Waals surface area contributed by atoms with E-state index in [1.54, 1.807) is 0 Å². The summed E-state index contributed by atoms with van der Waals surface area (Å²) in [5, 5.41) is 5.52. The first kappa shape index (κ1) is 15.3. The Bertz CT molecular complexity index is 537. The highest BCUT2D eigenvalue weighted by Gasteiger charge is 2.14. The van der Waals surface area contributed by atoms with Gasteiger partial charge in [0.1, 0.15) is 0 Å². The van der Waals surface area contributed by atoms with Crippen LogP contribution in [0.1, 0.15) is 31.7 Å². The number of allylic oxidation sites excluding steroid dienone is 2. The van der Waals surface area contributed by atoms with Crippen molar-refractivity contribution in [2.45, 2.75) is 32.6 Å². The maximum absolute atomic E-state index is 11.9. The molecular weight excluding hydrogens is 264 g/mol. The van der Waals surface area contributed by atoms with Crippen LogP contribution in [0.25, 0.3) is 0 Å². The Morgan fingerprint density at radius 3 is 2.76 bits per heavy atom. The Morgan fingerprint density at radius 1 is 1.24 bits per heavy atom. The van der Waals surface area contributed by atoms with Crippen molar-refractivity contribution in [3.63, 3.8) is 0 Å². The Morgan fingerprint density at radius 2 is 2.05 bits per heavy atom. The molecule has 1 aliphatic carbocycles. The normalized spacial score (nSPS) is 16.7. The highest BCUT2D eigenvalue weighted by atomic mass is 16.2. The van der Waals surface area contributed by atoms with E-state index in [0.717, 1.165) is 30.5 Å². The number of nitrogens with one attached hydrogen (secondary N) is 2. The Balaban J connectivity index is 1.76. The lowest BCUT2D eigenvalue weighted by molar-refractivity contribution is -0.124. The van der Waals surface area contributed by atoms with E-state index in [9.17, 15) is 9.59 Å². The van der Waals surface area contributed by atoms with Crippen molar-refractivity contribution in [1.29, 1.82) is 0 Å². The van der Waals surface area contributed by atoms with Gasteiger partial charge in [-0.1, -0.05) is 37.3 Å². The smallest absolute Gasteiger partial charge is 0.243 e. The number of hydrogen-bond donors (Lipinski definition) is 2. The lowest BCUT2D eigenvalue weighted by atomic mass is 10.1. The summed E-state index contributed by atoms with van der Waals surface area (Å²) >= 11 is 0. The number of anilines is 1. The molecule has 0 saturated heterocycles. The summed E-state index contributed by atoms with van der Waals surface area (Å²) in [6.07, 6.45) is 7.59. The predicted molar refractivity (Wildman–Crippen MR) is 83.9 cm³/mol. The molecule has 1 aliphatic rings. The second-order valence-corrected chi connectivity index (χ2v) is 5.31. The second-order valence-electron chi connectivity index (χ2n) is 5.31. The van der Waals surface area contributed by atoms with Gasteiger partial charge in [0.05, 0.1) is 6.54 Å². The number of rotatable bonds is 6. The van der Waals surface area contributed by atoms with Crippen molar-refractivity contribution in [1.82, 2.24) is 5.32 Å². The number of para-hydroxylation sites is 1. The SMILES string of the molecule is CCc1ccccc1NC(=O)CNC(=O)CC1C=CCC1. The third-order valence-corrected chi connectivity index (χ3v) is 3.68. The van der Waals surface area contributed by atoms with Crippen LogP contribution in [0.4, 0.5) is 5.69 Å². The topological polar surface area (TPSA) is 58.2 Å². The zero-order valence-electron chi connectivity index (χ0n) is 12.4. The second kappa shape index (κ2) is 7.62. The van der Waals surface area contributed by atoms with Gasteiger partial charge < -0.3 is 10.6 Å². The summed E-state index contributed by atoms with van der Waals surface area (Å²) in [4.78, 5) is 23.6. The van der Waals surface area contributed by atoms with Crippen molar-refractivity contribution in [3.8, 4) is 0 Å². The molecule has 1 aromatic rings. The average molecular weight is 286 g/mol. The van der Waals surface area contributed by atoms with Crippen molar-refractivity contribution in [2.24, 2.45) is 5.92 Å². The van der Waals surface area contributed by atoms with Gasteiger partial charge in [-0.2, -0.15) is 0 Å². The molecule has 112 valence electrons. The summed E-state index contributed by atoms with van der Waals surface area (Å²) in [6.45, 7) is 2.06. The van der Waals surface area contributed by atoms with Crippen molar-refractivity contribution in [3.05, 3.63) is 42.0 Å². The van der Waals surface area contributed by atoms with Crippen molar-refractivity contribution < 1.29 is 9.59 Å². The Kier molecular flexibility index (Phi) is 5.55. The molecule has 21 heavy (non-hydrogen) atoms. The maximum atomic E-state index is 11.9. The van der Waals surface area contributed by atoms with Gasteiger partial charge in [-0.05, 0) is 36.8 Å². The Hall–Kier alpha value is -2.10. The molecular formula is C17H22N2O2. The molecule has 0 fully saturated rings. The van der Waals surface area contributed by atoms with Crippen LogP contribution in [0.15, 0.2) is 36.4 Å². The van der Waals surface area contributed by atoms with Crippen LogP contribution in [-0.2, 0) is 16.0 Å². The van der Waals surface area contributed by atoms with Gasteiger partial charge in [-0.3, -0.25) is 9.59 Å². The zero-order valence-corrected chi connectivity index (χ0v) is 12.4. The Labute approximate surface area is 125 Å². The summed E-state index contributed by atoms with van der Waals surface area (Å²) < 4.78 is 0. The van der Waals surface area contributed by atoms with Crippen molar-refractivity contribution in [2.75, 3.05) is 11.9 Å². The summed E-state index contributed by atoms with van der Waals surface area (Å²) in [6, 6.07) is 7.70. The largest absolute Gasteiger partial charge is 0.347 e. The number of carbonyl (C=O) groups excluding carboxylic acids is 2. The van der Waals surface area contributed by atoms with Crippen LogP contribution in [0, 0.1) is 5.92 Å². The highest BCUT2D eigenvalue weighted by Crippen LogP contribution is 2.20. The summed E-state index contributed by atoms with van der Waals surface area (Å²) in [5.41, 5.74) is 1.91. The maximum Gasteiger partial charge on any atom is 0.243 e. The van der Waals surface area contributed by atoms with E-state index in [1.165, 1.54) is 0 Å². The zero-order chi connectivity index (χ0) is 15.1. The van der Waals surface area contributed by atoms with Gasteiger partial charge in [0.15, 0.2) is 0 Å². The average Bonchev–Trinajstić information content (AvgIpc) is 2.98. The minimum atomic E-state index is -0.189. The summed E-state index contributed by atoms with van der Waals surface area (Å²) in [5.74, 6) is 0.0746. The minimum absolute atomic E-state index is 0.0211. The molecule has 4 nitrogen and oxygen atoms in total. The number of aryl methyl sites for hydroxylation is 1. The molecule has 1 atom stereocenters. The summed E-state index contributed by atoms with van der Waals surface area (Å²) in [7, 11) is 0. The van der Waals surface area contributed by atoms with E-state index in [4.69, 9.17) is 0 Å². The highest BCUT2D eigenvalue weighted by molar-refractivity contribution is 5.95. The van der Waals surface area contributed by atoms with Gasteiger partial charge in [0.2, 0.25) is 11.8 Å². The van der Waals surface area contributed by atoms with Gasteiger partial charge in [0, 0.05) is 12.1 Å². The van der Waals surface area contributed by atoms with Crippen LogP contribution in [0.2, 0.25) is 0 Å².